The van der Waals surface area contributed by atoms with E-state index < -0.39 is 0 Å². The van der Waals surface area contributed by atoms with Gasteiger partial charge in [-0.25, -0.2) is 0 Å². The van der Waals surface area contributed by atoms with Crippen molar-refractivity contribution in [1.29, 1.82) is 0 Å². The fraction of sp³-hybridized carbons (Fsp3) is 0.111. The summed E-state index contributed by atoms with van der Waals surface area (Å²) in [6, 6.07) is 12.4. The topological polar surface area (TPSA) is 66.8 Å². The third-order valence-electron chi connectivity index (χ3n) is 3.65. The van der Waals surface area contributed by atoms with Crippen LogP contribution in [0.2, 0.25) is 0 Å². The van der Waals surface area contributed by atoms with Crippen molar-refractivity contribution in [3.63, 3.8) is 0 Å². The number of imide groups is 1. The van der Waals surface area contributed by atoms with E-state index in [0.29, 0.717) is 11.3 Å². The first kappa shape index (κ1) is 17.8. The normalized spacial score (nSPS) is 15.9. The van der Waals surface area contributed by atoms with Crippen molar-refractivity contribution in [3.8, 4) is 11.5 Å². The van der Waals surface area contributed by atoms with Gasteiger partial charge in [-0.2, -0.15) is 0 Å². The number of phenols is 1. The Bertz CT molecular complexity index is 864. The van der Waals surface area contributed by atoms with Crippen LogP contribution in [0.15, 0.2) is 47.4 Å². The summed E-state index contributed by atoms with van der Waals surface area (Å²) in [6.07, 6.45) is 1.51. The van der Waals surface area contributed by atoms with Gasteiger partial charge in [-0.1, -0.05) is 12.1 Å². The number of hydrogen-bond acceptors (Lipinski definition) is 5. The van der Waals surface area contributed by atoms with Crippen LogP contribution in [0.3, 0.4) is 0 Å². The molecule has 0 aromatic heterocycles. The van der Waals surface area contributed by atoms with Gasteiger partial charge in [-0.3, -0.25) is 14.5 Å². The average Bonchev–Trinajstić information content (AvgIpc) is 2.86. The maximum absolute atomic E-state index is 12.6. The number of phenolic OH excluding ortho intramolecular Hbond substituents is 1. The van der Waals surface area contributed by atoms with Gasteiger partial charge >= 0.3 is 0 Å². The predicted octanol–water partition coefficient (Wildman–Crippen LogP) is 4.24. The van der Waals surface area contributed by atoms with Crippen molar-refractivity contribution in [2.24, 2.45) is 0 Å². The summed E-state index contributed by atoms with van der Waals surface area (Å²) in [7, 11) is 1.52. The van der Waals surface area contributed by atoms with E-state index in [4.69, 9.17) is 4.74 Å². The zero-order valence-corrected chi connectivity index (χ0v) is 16.2. The van der Waals surface area contributed by atoms with Gasteiger partial charge in [-0.15, -0.1) is 0 Å². The van der Waals surface area contributed by atoms with E-state index in [-0.39, 0.29) is 28.3 Å². The number of amides is 2. The number of methoxy groups -OCH3 is 1. The smallest absolute Gasteiger partial charge is 0.293 e. The molecule has 0 saturated carbocycles. The first-order valence-electron chi connectivity index (χ1n) is 7.35. The monoisotopic (exact) mass is 467 g/mol. The minimum Gasteiger partial charge on any atom is -0.507 e. The van der Waals surface area contributed by atoms with Crippen molar-refractivity contribution < 1.29 is 19.4 Å². The summed E-state index contributed by atoms with van der Waals surface area (Å²) in [5.41, 5.74) is 1.31. The Morgan fingerprint density at radius 2 is 1.92 bits per heavy atom. The molecule has 0 radical (unpaired) electrons. The molecule has 1 N–H and O–H groups in total. The second-order valence-electron chi connectivity index (χ2n) is 5.32. The minimum atomic E-state index is -0.365. The number of rotatable bonds is 4. The van der Waals surface area contributed by atoms with Gasteiger partial charge in [-0.05, 0) is 76.3 Å². The number of nitrogens with zero attached hydrogens (tertiary/aromatic N) is 1. The number of halogens is 1. The second kappa shape index (κ2) is 7.49. The molecule has 2 amide bonds. The molecular formula is C18H14INO4S. The number of thioether (sulfide) groups is 1. The lowest BCUT2D eigenvalue weighted by Crippen LogP contribution is -2.27. The van der Waals surface area contributed by atoms with Crippen molar-refractivity contribution in [2.75, 3.05) is 7.11 Å². The van der Waals surface area contributed by atoms with Gasteiger partial charge < -0.3 is 9.84 Å². The van der Waals surface area contributed by atoms with E-state index in [2.05, 4.69) is 22.6 Å². The summed E-state index contributed by atoms with van der Waals surface area (Å²) >= 11 is 3.07. The fourth-order valence-corrected chi connectivity index (χ4v) is 3.51. The van der Waals surface area contributed by atoms with Crippen LogP contribution in [0.1, 0.15) is 11.1 Å². The molecule has 1 heterocycles. The molecule has 3 rings (SSSR count). The maximum atomic E-state index is 12.6. The molecule has 0 unspecified atom stereocenters. The maximum Gasteiger partial charge on any atom is 0.293 e. The molecule has 7 heteroatoms. The molecule has 1 aliphatic heterocycles. The van der Waals surface area contributed by atoms with Gasteiger partial charge in [0.2, 0.25) is 0 Å². The number of benzene rings is 2. The quantitative estimate of drug-likeness (QED) is 0.539. The number of carbonyl (C=O) groups excluding carboxylic acids is 2. The van der Waals surface area contributed by atoms with Crippen LogP contribution in [0.4, 0.5) is 4.79 Å². The van der Waals surface area contributed by atoms with Crippen molar-refractivity contribution >= 4 is 51.6 Å². The fourth-order valence-electron chi connectivity index (χ4n) is 2.33. The third-order valence-corrected chi connectivity index (χ3v) is 5.28. The molecule has 2 aromatic rings. The lowest BCUT2D eigenvalue weighted by atomic mass is 10.1. The van der Waals surface area contributed by atoms with Crippen LogP contribution in [0.5, 0.6) is 11.5 Å². The molecule has 25 heavy (non-hydrogen) atoms. The van der Waals surface area contributed by atoms with E-state index >= 15 is 0 Å². The molecule has 2 aromatic carbocycles. The number of ether oxygens (including phenoxy) is 1. The number of carbonyl (C=O) groups is 2. The van der Waals surface area contributed by atoms with Crippen LogP contribution >= 0.6 is 34.4 Å². The van der Waals surface area contributed by atoms with Crippen molar-refractivity contribution in [1.82, 2.24) is 4.90 Å². The van der Waals surface area contributed by atoms with Crippen LogP contribution in [0.25, 0.3) is 6.08 Å². The summed E-state index contributed by atoms with van der Waals surface area (Å²) in [4.78, 5) is 26.2. The molecule has 0 atom stereocenters. The van der Waals surface area contributed by atoms with Crippen LogP contribution in [-0.4, -0.2) is 28.3 Å². The summed E-state index contributed by atoms with van der Waals surface area (Å²) < 4.78 is 6.21. The second-order valence-corrected chi connectivity index (χ2v) is 7.56. The zero-order chi connectivity index (χ0) is 18.0. The highest BCUT2D eigenvalue weighted by Crippen LogP contribution is 2.35. The van der Waals surface area contributed by atoms with Crippen LogP contribution in [0, 0.1) is 3.57 Å². The van der Waals surface area contributed by atoms with Gasteiger partial charge in [0.25, 0.3) is 11.1 Å². The van der Waals surface area contributed by atoms with Gasteiger partial charge in [0.15, 0.2) is 0 Å². The highest BCUT2D eigenvalue weighted by Gasteiger charge is 2.35. The first-order chi connectivity index (χ1) is 12.0. The van der Waals surface area contributed by atoms with Gasteiger partial charge in [0, 0.05) is 9.13 Å². The summed E-state index contributed by atoms with van der Waals surface area (Å²) in [5, 5.41) is 9.63. The zero-order valence-electron chi connectivity index (χ0n) is 13.2. The molecule has 128 valence electrons. The highest BCUT2D eigenvalue weighted by atomic mass is 127. The third kappa shape index (κ3) is 3.98. The van der Waals surface area contributed by atoms with E-state index in [1.807, 2.05) is 24.3 Å². The SMILES string of the molecule is COc1ccc(O)c(/C=C2\SC(=O)N(Cc3ccc(I)cc3)C2=O)c1. The van der Waals surface area contributed by atoms with Crippen LogP contribution in [-0.2, 0) is 11.3 Å². The van der Waals surface area contributed by atoms with Crippen molar-refractivity contribution in [3.05, 3.63) is 62.1 Å². The molecule has 1 saturated heterocycles. The predicted molar refractivity (Wildman–Crippen MR) is 105 cm³/mol. The minimum absolute atomic E-state index is 0.0187. The molecular weight excluding hydrogens is 453 g/mol. The Labute approximate surface area is 162 Å². The number of aromatic hydroxyl groups is 1. The molecule has 5 nitrogen and oxygen atoms in total. The Morgan fingerprint density at radius 3 is 2.60 bits per heavy atom. The van der Waals surface area contributed by atoms with Gasteiger partial charge in [0.05, 0.1) is 18.6 Å². The Morgan fingerprint density at radius 1 is 1.20 bits per heavy atom. The van der Waals surface area contributed by atoms with E-state index in [0.717, 1.165) is 20.9 Å². The average molecular weight is 467 g/mol. The highest BCUT2D eigenvalue weighted by molar-refractivity contribution is 14.1. The lowest BCUT2D eigenvalue weighted by molar-refractivity contribution is -0.123. The molecule has 1 fully saturated rings. The summed E-state index contributed by atoms with van der Waals surface area (Å²) in [5.74, 6) is 0.211. The Hall–Kier alpha value is -2.00. The van der Waals surface area contributed by atoms with Gasteiger partial charge in [0.1, 0.15) is 11.5 Å². The van der Waals surface area contributed by atoms with Crippen LogP contribution < -0.4 is 4.74 Å². The van der Waals surface area contributed by atoms with E-state index in [1.54, 1.807) is 12.1 Å². The lowest BCUT2D eigenvalue weighted by Gasteiger charge is -2.12. The standard InChI is InChI=1S/C18H14INO4S/c1-24-14-6-7-15(21)12(8-14)9-16-17(22)20(18(23)25-16)10-11-2-4-13(19)5-3-11/h2-9,21H,10H2,1H3/b16-9-. The number of hydrogen-bond donors (Lipinski definition) is 1. The molecule has 0 aliphatic carbocycles. The van der Waals surface area contributed by atoms with E-state index in [9.17, 15) is 14.7 Å². The Balaban J connectivity index is 1.84. The van der Waals surface area contributed by atoms with E-state index in [1.165, 1.54) is 24.2 Å². The molecule has 1 aliphatic rings. The first-order valence-corrected chi connectivity index (χ1v) is 9.24. The molecule has 0 spiro atoms. The van der Waals surface area contributed by atoms with Crippen molar-refractivity contribution in [2.45, 2.75) is 6.54 Å². The largest absolute Gasteiger partial charge is 0.507 e. The Kier molecular flexibility index (Phi) is 5.33. The molecule has 0 bridgehead atoms. The summed E-state index contributed by atoms with van der Waals surface area (Å²) in [6.45, 7) is 0.225.